The maximum atomic E-state index is 13.2. The van der Waals surface area contributed by atoms with Crippen molar-refractivity contribution in [3.63, 3.8) is 0 Å². The molecule has 1 amide bonds. The first-order valence-electron chi connectivity index (χ1n) is 7.40. The number of rotatable bonds is 6. The highest BCUT2D eigenvalue weighted by atomic mass is 19.1. The average Bonchev–Trinajstić information content (AvgIpc) is 2.53. The van der Waals surface area contributed by atoms with Gasteiger partial charge in [-0.05, 0) is 55.8 Å². The smallest absolute Gasteiger partial charge is 0.254 e. The Hall–Kier alpha value is -2.36. The number of carbonyl (C=O) groups is 1. The summed E-state index contributed by atoms with van der Waals surface area (Å²) in [5.74, 6) is 0.379. The largest absolute Gasteiger partial charge is 0.494 e. The summed E-state index contributed by atoms with van der Waals surface area (Å²) < 4.78 is 18.6. The zero-order chi connectivity index (χ0) is 15.9. The summed E-state index contributed by atoms with van der Waals surface area (Å²) >= 11 is 0. The number of benzene rings is 2. The summed E-state index contributed by atoms with van der Waals surface area (Å²) in [5.41, 5.74) is 1.38. The second kappa shape index (κ2) is 7.59. The summed E-state index contributed by atoms with van der Waals surface area (Å²) in [5, 5.41) is 0. The fourth-order valence-corrected chi connectivity index (χ4v) is 2.23. The first-order chi connectivity index (χ1) is 10.6. The van der Waals surface area contributed by atoms with Gasteiger partial charge in [0.05, 0.1) is 6.61 Å². The van der Waals surface area contributed by atoms with Crippen LogP contribution >= 0.6 is 0 Å². The molecule has 2 rings (SSSR count). The SMILES string of the molecule is CCOc1ccc(C(=O)N(CC)Cc2cccc(F)c2)cc1. The van der Waals surface area contributed by atoms with Crippen LogP contribution < -0.4 is 4.74 Å². The number of ether oxygens (including phenoxy) is 1. The fraction of sp³-hybridized carbons (Fsp3) is 0.278. The van der Waals surface area contributed by atoms with Crippen molar-refractivity contribution in [2.75, 3.05) is 13.2 Å². The Morgan fingerprint density at radius 1 is 1.14 bits per heavy atom. The van der Waals surface area contributed by atoms with E-state index < -0.39 is 0 Å². The van der Waals surface area contributed by atoms with E-state index in [1.54, 1.807) is 35.2 Å². The van der Waals surface area contributed by atoms with Crippen molar-refractivity contribution in [1.82, 2.24) is 4.90 Å². The van der Waals surface area contributed by atoms with Gasteiger partial charge in [-0.2, -0.15) is 0 Å². The topological polar surface area (TPSA) is 29.5 Å². The monoisotopic (exact) mass is 301 g/mol. The van der Waals surface area contributed by atoms with Crippen LogP contribution in [0.1, 0.15) is 29.8 Å². The van der Waals surface area contributed by atoms with Crippen molar-refractivity contribution in [3.8, 4) is 5.75 Å². The van der Waals surface area contributed by atoms with E-state index in [0.717, 1.165) is 11.3 Å². The summed E-state index contributed by atoms with van der Waals surface area (Å²) in [6, 6.07) is 13.4. The maximum Gasteiger partial charge on any atom is 0.254 e. The van der Waals surface area contributed by atoms with Crippen LogP contribution in [0.2, 0.25) is 0 Å². The predicted molar refractivity (Wildman–Crippen MR) is 84.4 cm³/mol. The van der Waals surface area contributed by atoms with Crippen molar-refractivity contribution >= 4 is 5.91 Å². The standard InChI is InChI=1S/C18H20FNO2/c1-3-20(13-14-6-5-7-16(19)12-14)18(21)15-8-10-17(11-9-15)22-4-2/h5-12H,3-4,13H2,1-2H3. The Bertz CT molecular complexity index is 625. The summed E-state index contributed by atoms with van der Waals surface area (Å²) in [6.45, 7) is 5.36. The van der Waals surface area contributed by atoms with Gasteiger partial charge in [-0.3, -0.25) is 4.79 Å². The Balaban J connectivity index is 2.11. The van der Waals surface area contributed by atoms with E-state index in [0.29, 0.717) is 25.3 Å². The van der Waals surface area contributed by atoms with E-state index in [1.165, 1.54) is 12.1 Å². The molecular formula is C18H20FNO2. The third-order valence-corrected chi connectivity index (χ3v) is 3.34. The lowest BCUT2D eigenvalue weighted by atomic mass is 10.1. The molecule has 0 aliphatic carbocycles. The lowest BCUT2D eigenvalue weighted by molar-refractivity contribution is 0.0752. The van der Waals surface area contributed by atoms with Crippen LogP contribution in [-0.4, -0.2) is 24.0 Å². The van der Waals surface area contributed by atoms with Gasteiger partial charge in [0.15, 0.2) is 0 Å². The Morgan fingerprint density at radius 3 is 2.45 bits per heavy atom. The van der Waals surface area contributed by atoms with Crippen molar-refractivity contribution < 1.29 is 13.9 Å². The molecule has 0 spiro atoms. The zero-order valence-corrected chi connectivity index (χ0v) is 12.9. The number of hydrogen-bond donors (Lipinski definition) is 0. The second-order valence-electron chi connectivity index (χ2n) is 4.91. The second-order valence-corrected chi connectivity index (χ2v) is 4.91. The summed E-state index contributed by atoms with van der Waals surface area (Å²) in [7, 11) is 0. The van der Waals surface area contributed by atoms with Crippen molar-refractivity contribution in [1.29, 1.82) is 0 Å². The van der Waals surface area contributed by atoms with Gasteiger partial charge in [-0.1, -0.05) is 12.1 Å². The molecule has 2 aromatic rings. The Labute approximate surface area is 130 Å². The molecule has 0 radical (unpaired) electrons. The van der Waals surface area contributed by atoms with Gasteiger partial charge in [-0.25, -0.2) is 4.39 Å². The molecule has 0 N–H and O–H groups in total. The van der Waals surface area contributed by atoms with Gasteiger partial charge in [0.2, 0.25) is 0 Å². The van der Waals surface area contributed by atoms with Crippen LogP contribution in [0.15, 0.2) is 48.5 Å². The lowest BCUT2D eigenvalue weighted by Crippen LogP contribution is -2.30. The number of halogens is 1. The minimum Gasteiger partial charge on any atom is -0.494 e. The first kappa shape index (κ1) is 16.0. The van der Waals surface area contributed by atoms with Crippen LogP contribution in [-0.2, 0) is 6.54 Å². The van der Waals surface area contributed by atoms with Crippen molar-refractivity contribution in [3.05, 3.63) is 65.5 Å². The Morgan fingerprint density at radius 2 is 1.86 bits per heavy atom. The molecule has 116 valence electrons. The van der Waals surface area contributed by atoms with Gasteiger partial charge >= 0.3 is 0 Å². The molecule has 2 aromatic carbocycles. The van der Waals surface area contributed by atoms with E-state index in [2.05, 4.69) is 0 Å². The van der Waals surface area contributed by atoms with Crippen LogP contribution in [0.25, 0.3) is 0 Å². The lowest BCUT2D eigenvalue weighted by Gasteiger charge is -2.21. The molecular weight excluding hydrogens is 281 g/mol. The van der Waals surface area contributed by atoms with Gasteiger partial charge in [0.25, 0.3) is 5.91 Å². The highest BCUT2D eigenvalue weighted by molar-refractivity contribution is 5.94. The van der Waals surface area contributed by atoms with E-state index in [1.807, 2.05) is 19.9 Å². The van der Waals surface area contributed by atoms with Crippen LogP contribution in [0.5, 0.6) is 5.75 Å². The van der Waals surface area contributed by atoms with Gasteiger partial charge in [-0.15, -0.1) is 0 Å². The normalized spacial score (nSPS) is 10.3. The predicted octanol–water partition coefficient (Wildman–Crippen LogP) is 3.89. The molecule has 0 bridgehead atoms. The minimum atomic E-state index is -0.290. The number of nitrogens with zero attached hydrogens (tertiary/aromatic N) is 1. The molecule has 0 aromatic heterocycles. The van der Waals surface area contributed by atoms with E-state index >= 15 is 0 Å². The zero-order valence-electron chi connectivity index (χ0n) is 12.9. The highest BCUT2D eigenvalue weighted by Crippen LogP contribution is 2.15. The number of carbonyl (C=O) groups excluding carboxylic acids is 1. The van der Waals surface area contributed by atoms with E-state index in [-0.39, 0.29) is 11.7 Å². The van der Waals surface area contributed by atoms with Crippen molar-refractivity contribution in [2.24, 2.45) is 0 Å². The summed E-state index contributed by atoms with van der Waals surface area (Å²) in [4.78, 5) is 14.2. The summed E-state index contributed by atoms with van der Waals surface area (Å²) in [6.07, 6.45) is 0. The number of amides is 1. The van der Waals surface area contributed by atoms with Crippen LogP contribution in [0, 0.1) is 5.82 Å². The molecule has 0 unspecified atom stereocenters. The van der Waals surface area contributed by atoms with Gasteiger partial charge < -0.3 is 9.64 Å². The molecule has 4 heteroatoms. The fourth-order valence-electron chi connectivity index (χ4n) is 2.23. The number of hydrogen-bond acceptors (Lipinski definition) is 2. The minimum absolute atomic E-state index is 0.0743. The first-order valence-corrected chi connectivity index (χ1v) is 7.40. The quantitative estimate of drug-likeness (QED) is 0.810. The van der Waals surface area contributed by atoms with E-state index in [4.69, 9.17) is 4.74 Å². The molecule has 0 aliphatic heterocycles. The molecule has 0 fully saturated rings. The molecule has 0 saturated carbocycles. The van der Waals surface area contributed by atoms with Gasteiger partial charge in [0, 0.05) is 18.7 Å². The molecule has 22 heavy (non-hydrogen) atoms. The highest BCUT2D eigenvalue weighted by Gasteiger charge is 2.14. The molecule has 0 aliphatic rings. The third kappa shape index (κ3) is 4.07. The van der Waals surface area contributed by atoms with E-state index in [9.17, 15) is 9.18 Å². The Kier molecular flexibility index (Phi) is 5.53. The molecule has 3 nitrogen and oxygen atoms in total. The van der Waals surface area contributed by atoms with Crippen LogP contribution in [0.3, 0.4) is 0 Å². The molecule has 0 heterocycles. The van der Waals surface area contributed by atoms with Gasteiger partial charge in [0.1, 0.15) is 11.6 Å². The average molecular weight is 301 g/mol. The van der Waals surface area contributed by atoms with Crippen LogP contribution in [0.4, 0.5) is 4.39 Å². The molecule has 0 saturated heterocycles. The molecule has 0 atom stereocenters. The van der Waals surface area contributed by atoms with Crippen molar-refractivity contribution in [2.45, 2.75) is 20.4 Å². The maximum absolute atomic E-state index is 13.2. The third-order valence-electron chi connectivity index (χ3n) is 3.34.